The Morgan fingerprint density at radius 2 is 2.00 bits per heavy atom. The zero-order valence-corrected chi connectivity index (χ0v) is 16.8. The molecule has 3 aromatic rings. The summed E-state index contributed by atoms with van der Waals surface area (Å²) in [6.45, 7) is 2.06. The average molecular weight is 431 g/mol. The smallest absolute Gasteiger partial charge is 0.324 e. The van der Waals surface area contributed by atoms with Crippen LogP contribution in [0.15, 0.2) is 51.5 Å². The number of likely N-dealkylation sites (N-methyl/N-ethyl adjacent to an activating group) is 1. The number of anilines is 2. The Morgan fingerprint density at radius 3 is 2.67 bits per heavy atom. The first kappa shape index (κ1) is 18.9. The van der Waals surface area contributed by atoms with Crippen LogP contribution in [-0.4, -0.2) is 36.8 Å². The first-order chi connectivity index (χ1) is 13.0. The molecule has 0 spiro atoms. The summed E-state index contributed by atoms with van der Waals surface area (Å²) in [5.74, 6) is 1.01. The second-order valence-electron chi connectivity index (χ2n) is 6.02. The van der Waals surface area contributed by atoms with Crippen LogP contribution in [0.5, 0.6) is 5.75 Å². The summed E-state index contributed by atoms with van der Waals surface area (Å²) < 4.78 is 11.2. The average Bonchev–Trinajstić information content (AvgIpc) is 3.14. The summed E-state index contributed by atoms with van der Waals surface area (Å²) in [6.07, 6.45) is 0. The van der Waals surface area contributed by atoms with Gasteiger partial charge in [-0.1, -0.05) is 11.2 Å². The molecule has 0 saturated heterocycles. The molecule has 8 heteroatoms. The van der Waals surface area contributed by atoms with Crippen LogP contribution >= 0.6 is 15.9 Å². The van der Waals surface area contributed by atoms with E-state index in [1.54, 1.807) is 19.1 Å². The Hall–Kier alpha value is -2.87. The van der Waals surface area contributed by atoms with Gasteiger partial charge in [0.2, 0.25) is 11.7 Å². The van der Waals surface area contributed by atoms with Gasteiger partial charge in [0.1, 0.15) is 12.3 Å². The lowest BCUT2D eigenvalue weighted by Gasteiger charge is -2.14. The summed E-state index contributed by atoms with van der Waals surface area (Å²) >= 11 is 3.45. The number of hydrogen-bond donors (Lipinski definition) is 1. The molecule has 0 saturated carbocycles. The Bertz CT molecular complexity index is 940. The zero-order chi connectivity index (χ0) is 19.4. The minimum atomic E-state index is -0.189. The molecule has 1 aromatic heterocycles. The first-order valence-electron chi connectivity index (χ1n) is 8.21. The Balaban J connectivity index is 1.64. The summed E-state index contributed by atoms with van der Waals surface area (Å²) in [4.78, 5) is 18.2. The number of carbonyl (C=O) groups excluding carboxylic acids is 1. The molecule has 1 N–H and O–H groups in total. The van der Waals surface area contributed by atoms with Crippen LogP contribution < -0.4 is 15.0 Å². The Morgan fingerprint density at radius 1 is 1.26 bits per heavy atom. The van der Waals surface area contributed by atoms with Crippen LogP contribution in [0, 0.1) is 6.92 Å². The molecule has 140 valence electrons. The van der Waals surface area contributed by atoms with Gasteiger partial charge in [0.15, 0.2) is 0 Å². The van der Waals surface area contributed by atoms with Crippen molar-refractivity contribution in [3.05, 3.63) is 52.5 Å². The van der Waals surface area contributed by atoms with Gasteiger partial charge in [0.05, 0.1) is 12.8 Å². The maximum atomic E-state index is 12.3. The maximum Gasteiger partial charge on any atom is 0.324 e. The second-order valence-corrected chi connectivity index (χ2v) is 6.87. The number of nitrogens with one attached hydrogen (secondary N) is 1. The SMILES string of the molecule is COc1ccc(-c2noc(N(C)CC(=O)Nc3ccc(C)cc3Br)n2)cc1. The van der Waals surface area contributed by atoms with Crippen LogP contribution in [-0.2, 0) is 4.79 Å². The lowest BCUT2D eigenvalue weighted by molar-refractivity contribution is -0.115. The normalized spacial score (nSPS) is 10.5. The minimum Gasteiger partial charge on any atom is -0.497 e. The number of aryl methyl sites for hydroxylation is 1. The highest BCUT2D eigenvalue weighted by molar-refractivity contribution is 9.10. The van der Waals surface area contributed by atoms with Crippen LogP contribution in [0.4, 0.5) is 11.7 Å². The standard InChI is InChI=1S/C19H19BrN4O3/c1-12-4-9-16(15(20)10-12)21-17(25)11-24(2)19-22-18(23-27-19)13-5-7-14(26-3)8-6-13/h4-10H,11H2,1-3H3,(H,21,25). The fraction of sp³-hybridized carbons (Fsp3) is 0.211. The molecule has 0 bridgehead atoms. The Labute approximate surface area is 165 Å². The third-order valence-corrected chi connectivity index (χ3v) is 4.53. The number of aromatic nitrogens is 2. The number of benzene rings is 2. The number of halogens is 1. The highest BCUT2D eigenvalue weighted by Crippen LogP contribution is 2.24. The van der Waals surface area contributed by atoms with E-state index in [-0.39, 0.29) is 18.5 Å². The fourth-order valence-electron chi connectivity index (χ4n) is 2.42. The lowest BCUT2D eigenvalue weighted by atomic mass is 10.2. The highest BCUT2D eigenvalue weighted by Gasteiger charge is 2.16. The van der Waals surface area contributed by atoms with Crippen molar-refractivity contribution >= 4 is 33.5 Å². The van der Waals surface area contributed by atoms with Gasteiger partial charge >= 0.3 is 6.01 Å². The van der Waals surface area contributed by atoms with Gasteiger partial charge in [-0.3, -0.25) is 4.79 Å². The number of methoxy groups -OCH3 is 1. The molecule has 2 aromatic carbocycles. The number of ether oxygens (including phenoxy) is 1. The zero-order valence-electron chi connectivity index (χ0n) is 15.2. The quantitative estimate of drug-likeness (QED) is 0.638. The van der Waals surface area contributed by atoms with Gasteiger partial charge in [-0.2, -0.15) is 4.98 Å². The summed E-state index contributed by atoms with van der Waals surface area (Å²) in [6, 6.07) is 13.3. The second kappa shape index (κ2) is 8.22. The first-order valence-corrected chi connectivity index (χ1v) is 9.01. The monoisotopic (exact) mass is 430 g/mol. The highest BCUT2D eigenvalue weighted by atomic mass is 79.9. The largest absolute Gasteiger partial charge is 0.497 e. The van der Waals surface area contributed by atoms with Gasteiger partial charge in [0, 0.05) is 17.1 Å². The van der Waals surface area contributed by atoms with Gasteiger partial charge in [-0.25, -0.2) is 0 Å². The third kappa shape index (κ3) is 4.65. The van der Waals surface area contributed by atoms with Crippen molar-refractivity contribution < 1.29 is 14.1 Å². The predicted molar refractivity (Wildman–Crippen MR) is 107 cm³/mol. The summed E-state index contributed by atoms with van der Waals surface area (Å²) in [5, 5.41) is 6.83. The van der Waals surface area contributed by atoms with Gasteiger partial charge in [-0.05, 0) is 64.8 Å². The molecule has 0 atom stereocenters. The number of amides is 1. The van der Waals surface area contributed by atoms with Crippen LogP contribution in [0.3, 0.4) is 0 Å². The van der Waals surface area contributed by atoms with E-state index < -0.39 is 0 Å². The number of hydrogen-bond acceptors (Lipinski definition) is 6. The van der Waals surface area contributed by atoms with E-state index in [9.17, 15) is 4.79 Å². The molecule has 1 amide bonds. The van der Waals surface area contributed by atoms with Crippen molar-refractivity contribution in [1.82, 2.24) is 10.1 Å². The lowest BCUT2D eigenvalue weighted by Crippen LogP contribution is -2.30. The van der Waals surface area contributed by atoms with Crippen LogP contribution in [0.1, 0.15) is 5.56 Å². The molecule has 0 unspecified atom stereocenters. The molecular formula is C19H19BrN4O3. The fourth-order valence-corrected chi connectivity index (χ4v) is 3.01. The van der Waals surface area contributed by atoms with Crippen molar-refractivity contribution in [2.45, 2.75) is 6.92 Å². The molecule has 0 radical (unpaired) electrons. The molecule has 0 aliphatic rings. The molecule has 0 aliphatic carbocycles. The number of nitrogens with zero attached hydrogens (tertiary/aromatic N) is 3. The van der Waals surface area contributed by atoms with E-state index in [4.69, 9.17) is 9.26 Å². The van der Waals surface area contributed by atoms with Crippen molar-refractivity contribution in [3.63, 3.8) is 0 Å². The van der Waals surface area contributed by atoms with Gasteiger partial charge in [0.25, 0.3) is 0 Å². The topological polar surface area (TPSA) is 80.5 Å². The third-order valence-electron chi connectivity index (χ3n) is 3.87. The van der Waals surface area contributed by atoms with Crippen molar-refractivity contribution in [2.24, 2.45) is 0 Å². The summed E-state index contributed by atoms with van der Waals surface area (Å²) in [5.41, 5.74) is 2.62. The van der Waals surface area contributed by atoms with Gasteiger partial charge < -0.3 is 19.5 Å². The van der Waals surface area contributed by atoms with Crippen molar-refractivity contribution in [1.29, 1.82) is 0 Å². The van der Waals surface area contributed by atoms with E-state index in [1.165, 1.54) is 0 Å². The molecule has 0 fully saturated rings. The molecule has 0 aliphatic heterocycles. The van der Waals surface area contributed by atoms with E-state index in [2.05, 4.69) is 31.4 Å². The number of rotatable bonds is 6. The van der Waals surface area contributed by atoms with Crippen molar-refractivity contribution in [2.75, 3.05) is 30.9 Å². The summed E-state index contributed by atoms with van der Waals surface area (Å²) in [7, 11) is 3.33. The van der Waals surface area contributed by atoms with Crippen LogP contribution in [0.2, 0.25) is 0 Å². The molecule has 27 heavy (non-hydrogen) atoms. The van der Waals surface area contributed by atoms with E-state index in [0.29, 0.717) is 11.5 Å². The molecule has 7 nitrogen and oxygen atoms in total. The molecular weight excluding hydrogens is 412 g/mol. The Kier molecular flexibility index (Phi) is 5.75. The van der Waals surface area contributed by atoms with Crippen LogP contribution in [0.25, 0.3) is 11.4 Å². The van der Waals surface area contributed by atoms with E-state index in [1.807, 2.05) is 49.4 Å². The minimum absolute atomic E-state index is 0.0740. The van der Waals surface area contributed by atoms with E-state index >= 15 is 0 Å². The number of carbonyl (C=O) groups is 1. The van der Waals surface area contributed by atoms with E-state index in [0.717, 1.165) is 21.3 Å². The van der Waals surface area contributed by atoms with Crippen molar-refractivity contribution in [3.8, 4) is 17.1 Å². The maximum absolute atomic E-state index is 12.3. The molecule has 1 heterocycles. The predicted octanol–water partition coefficient (Wildman–Crippen LogP) is 3.89. The van der Waals surface area contributed by atoms with Gasteiger partial charge in [-0.15, -0.1) is 0 Å². The molecule has 3 rings (SSSR count).